The smallest absolute Gasteiger partial charge is 0.109 e. The van der Waals surface area contributed by atoms with Gasteiger partial charge >= 0.3 is 0 Å². The van der Waals surface area contributed by atoms with E-state index in [9.17, 15) is 0 Å². The summed E-state index contributed by atoms with van der Waals surface area (Å²) in [5, 5.41) is 12.4. The number of nitrogens with zero attached hydrogens (tertiary/aromatic N) is 1. The maximum atomic E-state index is 9.15. The fourth-order valence-corrected chi connectivity index (χ4v) is 2.98. The minimum absolute atomic E-state index is 0.166. The molecule has 0 aromatic carbocycles. The highest BCUT2D eigenvalue weighted by Gasteiger charge is 2.46. The van der Waals surface area contributed by atoms with E-state index in [1.54, 1.807) is 0 Å². The molecule has 0 aliphatic heterocycles. The summed E-state index contributed by atoms with van der Waals surface area (Å²) in [5.74, 6) is 1.44. The molecule has 3 saturated carbocycles. The second-order valence-corrected chi connectivity index (χ2v) is 4.25. The minimum atomic E-state index is -0.166. The molecule has 0 radical (unpaired) electrons. The van der Waals surface area contributed by atoms with Gasteiger partial charge in [-0.3, -0.25) is 0 Å². The molecule has 12 heavy (non-hydrogen) atoms. The lowest BCUT2D eigenvalue weighted by molar-refractivity contribution is 0.0851. The molecule has 1 N–H and O–H groups in total. The molecule has 0 aromatic heterocycles. The molecule has 2 bridgehead atoms. The largest absolute Gasteiger partial charge is 0.302 e. The quantitative estimate of drug-likeness (QED) is 0.640. The van der Waals surface area contributed by atoms with Gasteiger partial charge in [0.25, 0.3) is 0 Å². The number of fused-ring (bicyclic) bond motifs is 3. The fourth-order valence-electron chi connectivity index (χ4n) is 2.98. The van der Waals surface area contributed by atoms with E-state index < -0.39 is 0 Å². The predicted octanol–water partition coefficient (Wildman–Crippen LogP) is 1.68. The summed E-state index contributed by atoms with van der Waals surface area (Å²) < 4.78 is 0. The zero-order chi connectivity index (χ0) is 8.60. The third-order valence-corrected chi connectivity index (χ3v) is 3.80. The Bertz CT molecular complexity index is 210. The number of hydrogen-bond donors (Lipinski definition) is 1. The van der Waals surface area contributed by atoms with E-state index in [1.807, 2.05) is 7.05 Å². The van der Waals surface area contributed by atoms with Crippen molar-refractivity contribution in [1.29, 1.82) is 5.26 Å². The normalized spacial score (nSPS) is 45.7. The van der Waals surface area contributed by atoms with Crippen molar-refractivity contribution in [2.24, 2.45) is 11.8 Å². The first-order valence-electron chi connectivity index (χ1n) is 4.91. The van der Waals surface area contributed by atoms with E-state index in [0.717, 1.165) is 12.3 Å². The van der Waals surface area contributed by atoms with Crippen molar-refractivity contribution in [2.75, 3.05) is 7.05 Å². The summed E-state index contributed by atoms with van der Waals surface area (Å²) in [6, 6.07) is 2.49. The molecular formula is C10H16N2. The lowest BCUT2D eigenvalue weighted by Gasteiger charge is -2.47. The maximum absolute atomic E-state index is 9.15. The second-order valence-electron chi connectivity index (χ2n) is 4.25. The van der Waals surface area contributed by atoms with Gasteiger partial charge in [0, 0.05) is 0 Å². The summed E-state index contributed by atoms with van der Waals surface area (Å²) in [6.07, 6.45) is 6.33. The van der Waals surface area contributed by atoms with Crippen LogP contribution >= 0.6 is 0 Å². The number of rotatable bonds is 1. The molecule has 0 amide bonds. The molecule has 1 atom stereocenters. The number of nitriles is 1. The van der Waals surface area contributed by atoms with Crippen molar-refractivity contribution < 1.29 is 0 Å². The zero-order valence-corrected chi connectivity index (χ0v) is 7.64. The van der Waals surface area contributed by atoms with Gasteiger partial charge in [-0.15, -0.1) is 0 Å². The van der Waals surface area contributed by atoms with E-state index in [4.69, 9.17) is 5.26 Å². The predicted molar refractivity (Wildman–Crippen MR) is 47.5 cm³/mol. The Kier molecular flexibility index (Phi) is 1.84. The van der Waals surface area contributed by atoms with Crippen LogP contribution in [0.4, 0.5) is 0 Å². The van der Waals surface area contributed by atoms with Crippen LogP contribution < -0.4 is 5.32 Å². The Morgan fingerprint density at radius 2 is 2.00 bits per heavy atom. The Morgan fingerprint density at radius 1 is 1.33 bits per heavy atom. The summed E-state index contributed by atoms with van der Waals surface area (Å²) in [7, 11) is 1.93. The van der Waals surface area contributed by atoms with Gasteiger partial charge in [-0.25, -0.2) is 0 Å². The topological polar surface area (TPSA) is 35.8 Å². The van der Waals surface area contributed by atoms with Gasteiger partial charge in [0.1, 0.15) is 5.54 Å². The van der Waals surface area contributed by atoms with Gasteiger partial charge in [0.15, 0.2) is 0 Å². The monoisotopic (exact) mass is 164 g/mol. The molecule has 2 heteroatoms. The van der Waals surface area contributed by atoms with E-state index in [-0.39, 0.29) is 5.54 Å². The van der Waals surface area contributed by atoms with Gasteiger partial charge in [-0.1, -0.05) is 0 Å². The van der Waals surface area contributed by atoms with E-state index >= 15 is 0 Å². The molecule has 3 rings (SSSR count). The average Bonchev–Trinajstić information content (AvgIpc) is 2.19. The summed E-state index contributed by atoms with van der Waals surface area (Å²) in [4.78, 5) is 0. The molecule has 0 heterocycles. The molecule has 3 aliphatic rings. The van der Waals surface area contributed by atoms with Crippen LogP contribution in [0.25, 0.3) is 0 Å². The molecule has 2 nitrogen and oxygen atoms in total. The molecule has 3 fully saturated rings. The van der Waals surface area contributed by atoms with E-state index in [1.165, 1.54) is 25.7 Å². The van der Waals surface area contributed by atoms with Gasteiger partial charge in [-0.2, -0.15) is 5.26 Å². The summed E-state index contributed by atoms with van der Waals surface area (Å²) in [6.45, 7) is 0. The molecule has 1 unspecified atom stereocenters. The second kappa shape index (κ2) is 2.74. The summed E-state index contributed by atoms with van der Waals surface area (Å²) in [5.41, 5.74) is -0.166. The Labute approximate surface area is 74.0 Å². The maximum Gasteiger partial charge on any atom is 0.109 e. The lowest BCUT2D eigenvalue weighted by atomic mass is 9.61. The molecule has 3 aliphatic carbocycles. The fraction of sp³-hybridized carbons (Fsp3) is 0.900. The van der Waals surface area contributed by atoms with Crippen molar-refractivity contribution in [3.8, 4) is 6.07 Å². The minimum Gasteiger partial charge on any atom is -0.302 e. The first-order chi connectivity index (χ1) is 5.80. The highest BCUT2D eigenvalue weighted by Crippen LogP contribution is 2.46. The molecule has 0 spiro atoms. The summed E-state index contributed by atoms with van der Waals surface area (Å²) >= 11 is 0. The van der Waals surface area contributed by atoms with Crippen LogP contribution in [-0.2, 0) is 0 Å². The van der Waals surface area contributed by atoms with Gasteiger partial charge < -0.3 is 5.32 Å². The first kappa shape index (κ1) is 8.07. The number of nitrogens with one attached hydrogen (secondary N) is 1. The highest BCUT2D eigenvalue weighted by atomic mass is 15.0. The van der Waals surface area contributed by atoms with E-state index in [0.29, 0.717) is 5.92 Å². The third-order valence-electron chi connectivity index (χ3n) is 3.80. The van der Waals surface area contributed by atoms with Crippen LogP contribution in [-0.4, -0.2) is 12.6 Å². The van der Waals surface area contributed by atoms with Crippen LogP contribution in [0.3, 0.4) is 0 Å². The van der Waals surface area contributed by atoms with Crippen molar-refractivity contribution in [2.45, 2.75) is 37.6 Å². The van der Waals surface area contributed by atoms with Gasteiger partial charge in [0.2, 0.25) is 0 Å². The van der Waals surface area contributed by atoms with Crippen LogP contribution in [0.1, 0.15) is 32.1 Å². The lowest BCUT2D eigenvalue weighted by Crippen LogP contribution is -2.54. The Hall–Kier alpha value is -0.550. The molecular weight excluding hydrogens is 148 g/mol. The first-order valence-corrected chi connectivity index (χ1v) is 4.91. The highest BCUT2D eigenvalue weighted by molar-refractivity contribution is 5.15. The van der Waals surface area contributed by atoms with Gasteiger partial charge in [0.05, 0.1) is 6.07 Å². The average molecular weight is 164 g/mol. The Morgan fingerprint density at radius 3 is 2.25 bits per heavy atom. The van der Waals surface area contributed by atoms with Crippen LogP contribution in [0.2, 0.25) is 0 Å². The molecule has 66 valence electrons. The van der Waals surface area contributed by atoms with Crippen LogP contribution in [0, 0.1) is 23.2 Å². The van der Waals surface area contributed by atoms with Crippen LogP contribution in [0.5, 0.6) is 0 Å². The van der Waals surface area contributed by atoms with Crippen molar-refractivity contribution in [3.05, 3.63) is 0 Å². The number of hydrogen-bond acceptors (Lipinski definition) is 2. The van der Waals surface area contributed by atoms with Crippen LogP contribution in [0.15, 0.2) is 0 Å². The molecule has 0 saturated heterocycles. The Balaban J connectivity index is 2.22. The standard InChI is InChI=1S/C10H16N2/c1-12-10(7-11)6-8-2-4-9(10)5-3-8/h8-9,12H,2-6H2,1H3. The van der Waals surface area contributed by atoms with Gasteiger partial charge in [-0.05, 0) is 51.0 Å². The van der Waals surface area contributed by atoms with Crippen molar-refractivity contribution >= 4 is 0 Å². The van der Waals surface area contributed by atoms with E-state index in [2.05, 4.69) is 11.4 Å². The third kappa shape index (κ3) is 0.964. The SMILES string of the molecule is CNC1(C#N)CC2CCC1CC2. The zero-order valence-electron chi connectivity index (χ0n) is 7.64. The molecule has 0 aromatic rings. The van der Waals surface area contributed by atoms with Crippen molar-refractivity contribution in [1.82, 2.24) is 5.32 Å². The van der Waals surface area contributed by atoms with Crippen molar-refractivity contribution in [3.63, 3.8) is 0 Å².